The highest BCUT2D eigenvalue weighted by atomic mass is 16.5. The Morgan fingerprint density at radius 1 is 1.11 bits per heavy atom. The first kappa shape index (κ1) is 15.2. The van der Waals surface area contributed by atoms with Crippen LogP contribution in [0.5, 0.6) is 0 Å². The standard InChI is InChI=1S/C15H26O3/c1-13-8-7-9-15(2,3)18-11-6-4-5-10-17-14(16)12-13/h12H,4-11H2,1-3H3/b13-12+. The molecule has 0 aromatic carbocycles. The maximum Gasteiger partial charge on any atom is 0.330 e. The van der Waals surface area contributed by atoms with Crippen LogP contribution in [-0.4, -0.2) is 24.8 Å². The summed E-state index contributed by atoms with van der Waals surface area (Å²) >= 11 is 0. The molecule has 1 aliphatic heterocycles. The Balaban J connectivity index is 2.52. The van der Waals surface area contributed by atoms with E-state index in [1.54, 1.807) is 6.08 Å². The van der Waals surface area contributed by atoms with E-state index in [1.807, 2.05) is 6.92 Å². The second-order valence-corrected chi connectivity index (χ2v) is 5.68. The molecule has 0 aromatic heterocycles. The average molecular weight is 254 g/mol. The summed E-state index contributed by atoms with van der Waals surface area (Å²) in [5.41, 5.74) is 1.04. The van der Waals surface area contributed by atoms with Gasteiger partial charge in [-0.1, -0.05) is 5.57 Å². The summed E-state index contributed by atoms with van der Waals surface area (Å²) in [4.78, 5) is 11.5. The van der Waals surface area contributed by atoms with Crippen LogP contribution in [-0.2, 0) is 14.3 Å². The fourth-order valence-electron chi connectivity index (χ4n) is 2.08. The third kappa shape index (κ3) is 6.80. The predicted molar refractivity (Wildman–Crippen MR) is 72.4 cm³/mol. The molecule has 3 nitrogen and oxygen atoms in total. The molecule has 0 aliphatic carbocycles. The number of esters is 1. The van der Waals surface area contributed by atoms with Crippen LogP contribution in [0.25, 0.3) is 0 Å². The molecule has 1 aliphatic rings. The maximum absolute atomic E-state index is 11.5. The molecule has 0 amide bonds. The van der Waals surface area contributed by atoms with E-state index in [4.69, 9.17) is 9.47 Å². The highest BCUT2D eigenvalue weighted by Gasteiger charge is 2.17. The molecule has 0 atom stereocenters. The highest BCUT2D eigenvalue weighted by molar-refractivity contribution is 5.82. The van der Waals surface area contributed by atoms with Crippen LogP contribution in [0.4, 0.5) is 0 Å². The number of cyclic esters (lactones) is 1. The van der Waals surface area contributed by atoms with Gasteiger partial charge < -0.3 is 9.47 Å². The van der Waals surface area contributed by atoms with Crippen molar-refractivity contribution >= 4 is 5.97 Å². The van der Waals surface area contributed by atoms with Crippen LogP contribution in [0, 0.1) is 0 Å². The lowest BCUT2D eigenvalue weighted by Crippen LogP contribution is -2.25. The van der Waals surface area contributed by atoms with Gasteiger partial charge in [-0.25, -0.2) is 4.79 Å². The number of carbonyl (C=O) groups is 1. The van der Waals surface area contributed by atoms with Gasteiger partial charge in [0, 0.05) is 12.7 Å². The van der Waals surface area contributed by atoms with E-state index in [9.17, 15) is 4.79 Å². The summed E-state index contributed by atoms with van der Waals surface area (Å²) in [6.07, 6.45) is 7.63. The Bertz CT molecular complexity index is 292. The van der Waals surface area contributed by atoms with Crippen LogP contribution >= 0.6 is 0 Å². The maximum atomic E-state index is 11.5. The molecule has 0 N–H and O–H groups in total. The van der Waals surface area contributed by atoms with E-state index in [0.717, 1.165) is 50.7 Å². The molecule has 0 saturated heterocycles. The first-order valence-electron chi connectivity index (χ1n) is 6.97. The van der Waals surface area contributed by atoms with E-state index < -0.39 is 0 Å². The Morgan fingerprint density at radius 2 is 1.83 bits per heavy atom. The van der Waals surface area contributed by atoms with Crippen molar-refractivity contribution in [3.8, 4) is 0 Å². The first-order chi connectivity index (χ1) is 8.49. The number of hydrogen-bond acceptors (Lipinski definition) is 3. The lowest BCUT2D eigenvalue weighted by Gasteiger charge is -2.25. The molecule has 1 heterocycles. The van der Waals surface area contributed by atoms with Crippen LogP contribution in [0.2, 0.25) is 0 Å². The lowest BCUT2D eigenvalue weighted by atomic mass is 9.99. The van der Waals surface area contributed by atoms with Gasteiger partial charge in [0.25, 0.3) is 0 Å². The summed E-state index contributed by atoms with van der Waals surface area (Å²) in [6, 6.07) is 0. The minimum atomic E-state index is -0.194. The fourth-order valence-corrected chi connectivity index (χ4v) is 2.08. The Kier molecular flexibility index (Phi) is 6.41. The fraction of sp³-hybridized carbons (Fsp3) is 0.800. The van der Waals surface area contributed by atoms with Gasteiger partial charge in [0.15, 0.2) is 0 Å². The molecule has 0 bridgehead atoms. The van der Waals surface area contributed by atoms with Crippen LogP contribution in [0.15, 0.2) is 11.6 Å². The largest absolute Gasteiger partial charge is 0.463 e. The molecule has 1 rings (SSSR count). The van der Waals surface area contributed by atoms with Crippen molar-refractivity contribution in [3.63, 3.8) is 0 Å². The Hall–Kier alpha value is -0.830. The minimum absolute atomic E-state index is 0.0507. The summed E-state index contributed by atoms with van der Waals surface area (Å²) in [5, 5.41) is 0. The predicted octanol–water partition coefficient (Wildman–Crippen LogP) is 3.63. The van der Waals surface area contributed by atoms with Crippen molar-refractivity contribution in [1.82, 2.24) is 0 Å². The zero-order valence-corrected chi connectivity index (χ0v) is 12.0. The third-order valence-electron chi connectivity index (χ3n) is 3.24. The van der Waals surface area contributed by atoms with Crippen molar-refractivity contribution in [2.45, 2.75) is 64.9 Å². The van der Waals surface area contributed by atoms with E-state index in [0.29, 0.717) is 6.61 Å². The number of hydrogen-bond donors (Lipinski definition) is 0. The molecule has 0 unspecified atom stereocenters. The molecule has 0 saturated carbocycles. The van der Waals surface area contributed by atoms with Crippen LogP contribution < -0.4 is 0 Å². The first-order valence-corrected chi connectivity index (χ1v) is 6.97. The van der Waals surface area contributed by atoms with Gasteiger partial charge in [0.2, 0.25) is 0 Å². The zero-order chi connectivity index (χ0) is 13.4. The van der Waals surface area contributed by atoms with Crippen molar-refractivity contribution in [2.24, 2.45) is 0 Å². The average Bonchev–Trinajstić information content (AvgIpc) is 2.26. The summed E-state index contributed by atoms with van der Waals surface area (Å²) in [7, 11) is 0. The zero-order valence-electron chi connectivity index (χ0n) is 12.0. The molecule has 0 aromatic rings. The summed E-state index contributed by atoms with van der Waals surface area (Å²) in [6.45, 7) is 7.60. The summed E-state index contributed by atoms with van der Waals surface area (Å²) in [5.74, 6) is -0.194. The van der Waals surface area contributed by atoms with Crippen molar-refractivity contribution in [3.05, 3.63) is 11.6 Å². The quantitative estimate of drug-likeness (QED) is 0.619. The van der Waals surface area contributed by atoms with Gasteiger partial charge in [-0.2, -0.15) is 0 Å². The van der Waals surface area contributed by atoms with Gasteiger partial charge in [0.05, 0.1) is 12.2 Å². The molecule has 3 heteroatoms. The number of rotatable bonds is 0. The number of allylic oxidation sites excluding steroid dienone is 1. The lowest BCUT2D eigenvalue weighted by molar-refractivity contribution is -0.137. The number of carbonyl (C=O) groups excluding carboxylic acids is 1. The summed E-state index contributed by atoms with van der Waals surface area (Å²) < 4.78 is 11.0. The molecule has 104 valence electrons. The molecule has 0 spiro atoms. The Labute approximate surface area is 111 Å². The van der Waals surface area contributed by atoms with E-state index in [2.05, 4.69) is 13.8 Å². The highest BCUT2D eigenvalue weighted by Crippen LogP contribution is 2.20. The topological polar surface area (TPSA) is 35.5 Å². The third-order valence-corrected chi connectivity index (χ3v) is 3.24. The van der Waals surface area contributed by atoms with Gasteiger partial charge in [-0.15, -0.1) is 0 Å². The molecule has 0 radical (unpaired) electrons. The molecular formula is C15H26O3. The van der Waals surface area contributed by atoms with E-state index in [1.165, 1.54) is 0 Å². The molecule has 0 fully saturated rings. The minimum Gasteiger partial charge on any atom is -0.463 e. The van der Waals surface area contributed by atoms with Crippen molar-refractivity contribution in [1.29, 1.82) is 0 Å². The van der Waals surface area contributed by atoms with E-state index >= 15 is 0 Å². The van der Waals surface area contributed by atoms with Crippen LogP contribution in [0.3, 0.4) is 0 Å². The second-order valence-electron chi connectivity index (χ2n) is 5.68. The van der Waals surface area contributed by atoms with Crippen LogP contribution in [0.1, 0.15) is 59.3 Å². The number of ether oxygens (including phenoxy) is 2. The monoisotopic (exact) mass is 254 g/mol. The smallest absolute Gasteiger partial charge is 0.330 e. The SMILES string of the molecule is C/C1=C\C(=O)OCCCCCOC(C)(C)CCC1. The van der Waals surface area contributed by atoms with Gasteiger partial charge in [-0.3, -0.25) is 0 Å². The molecule has 18 heavy (non-hydrogen) atoms. The molecular weight excluding hydrogens is 228 g/mol. The van der Waals surface area contributed by atoms with E-state index in [-0.39, 0.29) is 11.6 Å². The normalized spacial score (nSPS) is 26.6. The second kappa shape index (κ2) is 7.57. The van der Waals surface area contributed by atoms with Crippen molar-refractivity contribution in [2.75, 3.05) is 13.2 Å². The van der Waals surface area contributed by atoms with Gasteiger partial charge >= 0.3 is 5.97 Å². The van der Waals surface area contributed by atoms with Gasteiger partial charge in [0.1, 0.15) is 0 Å². The Morgan fingerprint density at radius 3 is 2.61 bits per heavy atom. The van der Waals surface area contributed by atoms with Crippen molar-refractivity contribution < 1.29 is 14.3 Å². The van der Waals surface area contributed by atoms with Gasteiger partial charge in [-0.05, 0) is 59.3 Å².